The summed E-state index contributed by atoms with van der Waals surface area (Å²) in [6.07, 6.45) is -3.29. The van der Waals surface area contributed by atoms with Crippen LogP contribution in [-0.2, 0) is 9.53 Å². The van der Waals surface area contributed by atoms with E-state index in [0.29, 0.717) is 5.56 Å². The van der Waals surface area contributed by atoms with E-state index in [0.717, 1.165) is 0 Å². The quantitative estimate of drug-likeness (QED) is 0.673. The van der Waals surface area contributed by atoms with Gasteiger partial charge in [0.25, 0.3) is 0 Å². The molecule has 1 rings (SSSR count). The Balaban J connectivity index is 2.99. The number of carboxylic acid groups (broad SMARTS) is 1. The Morgan fingerprint density at radius 2 is 1.95 bits per heavy atom. The molecule has 20 heavy (non-hydrogen) atoms. The van der Waals surface area contributed by atoms with Gasteiger partial charge in [-0.3, -0.25) is 4.79 Å². The molecule has 0 bridgehead atoms. The highest BCUT2D eigenvalue weighted by Crippen LogP contribution is 2.26. The maximum Gasteiger partial charge on any atom is 0.336 e. The lowest BCUT2D eigenvalue weighted by Crippen LogP contribution is -2.25. The Morgan fingerprint density at radius 1 is 1.30 bits per heavy atom. The van der Waals surface area contributed by atoms with Crippen molar-refractivity contribution in [3.63, 3.8) is 0 Å². The highest BCUT2D eigenvalue weighted by molar-refractivity contribution is 5.90. The van der Waals surface area contributed by atoms with Gasteiger partial charge < -0.3 is 20.1 Å². The Kier molecular flexibility index (Phi) is 5.66. The molecular formula is C14H18O6. The fourth-order valence-electron chi connectivity index (χ4n) is 1.95. The lowest BCUT2D eigenvalue weighted by atomic mass is 9.93. The molecule has 0 heterocycles. The van der Waals surface area contributed by atoms with Crippen LogP contribution in [0.25, 0.3) is 0 Å². The minimum atomic E-state index is -1.47. The molecule has 3 N–H and O–H groups in total. The second kappa shape index (κ2) is 7.02. The van der Waals surface area contributed by atoms with Gasteiger partial charge in [-0.15, -0.1) is 0 Å². The molecule has 1 aromatic rings. The summed E-state index contributed by atoms with van der Waals surface area (Å²) in [5.41, 5.74) is 0.539. The zero-order valence-electron chi connectivity index (χ0n) is 11.4. The average molecular weight is 282 g/mol. The van der Waals surface area contributed by atoms with Gasteiger partial charge in [0.15, 0.2) is 0 Å². The normalized spacial score (nSPS) is 13.6. The summed E-state index contributed by atoms with van der Waals surface area (Å²) in [5.74, 6) is -1.85. The summed E-state index contributed by atoms with van der Waals surface area (Å²) >= 11 is 0. The smallest absolute Gasteiger partial charge is 0.336 e. The molecule has 1 aromatic carbocycles. The van der Waals surface area contributed by atoms with Crippen LogP contribution in [-0.4, -0.2) is 40.0 Å². The number of esters is 1. The van der Waals surface area contributed by atoms with Gasteiger partial charge in [-0.1, -0.05) is 12.1 Å². The number of hydrogen-bond acceptors (Lipinski definition) is 5. The SMILES string of the molecule is CCOC(=O)CC(O)C(O)c1c(C)cccc1C(=O)O. The molecule has 0 amide bonds. The lowest BCUT2D eigenvalue weighted by Gasteiger charge is -2.21. The molecule has 2 atom stereocenters. The van der Waals surface area contributed by atoms with Crippen molar-refractivity contribution in [2.24, 2.45) is 0 Å². The molecule has 0 saturated carbocycles. The summed E-state index contributed by atoms with van der Waals surface area (Å²) in [4.78, 5) is 22.4. The van der Waals surface area contributed by atoms with Crippen LogP contribution in [0.5, 0.6) is 0 Å². The summed E-state index contributed by atoms with van der Waals surface area (Å²) in [6.45, 7) is 3.43. The number of carbonyl (C=O) groups is 2. The van der Waals surface area contributed by atoms with Crippen LogP contribution < -0.4 is 0 Å². The Labute approximate surface area is 116 Å². The summed E-state index contributed by atoms with van der Waals surface area (Å²) in [5, 5.41) is 29.1. The number of benzene rings is 1. The van der Waals surface area contributed by atoms with Crippen molar-refractivity contribution in [1.29, 1.82) is 0 Å². The maximum atomic E-state index is 11.3. The third-order valence-corrected chi connectivity index (χ3v) is 2.90. The van der Waals surface area contributed by atoms with Crippen LogP contribution in [0.3, 0.4) is 0 Å². The summed E-state index contributed by atoms with van der Waals surface area (Å²) < 4.78 is 4.68. The van der Waals surface area contributed by atoms with Crippen molar-refractivity contribution in [3.8, 4) is 0 Å². The fraction of sp³-hybridized carbons (Fsp3) is 0.429. The van der Waals surface area contributed by atoms with Crippen molar-refractivity contribution in [2.75, 3.05) is 6.61 Å². The first-order valence-corrected chi connectivity index (χ1v) is 6.23. The standard InChI is InChI=1S/C14H18O6/c1-3-20-11(16)7-10(15)13(17)12-8(2)5-4-6-9(12)14(18)19/h4-6,10,13,15,17H,3,7H2,1-2H3,(H,18,19). The molecule has 0 saturated heterocycles. The van der Waals surface area contributed by atoms with Crippen molar-refractivity contribution in [3.05, 3.63) is 34.9 Å². The third-order valence-electron chi connectivity index (χ3n) is 2.90. The molecule has 0 radical (unpaired) electrons. The molecular weight excluding hydrogens is 264 g/mol. The van der Waals surface area contributed by atoms with E-state index in [9.17, 15) is 19.8 Å². The molecule has 6 heteroatoms. The van der Waals surface area contributed by atoms with E-state index < -0.39 is 30.6 Å². The van der Waals surface area contributed by atoms with Crippen LogP contribution in [0.15, 0.2) is 18.2 Å². The Morgan fingerprint density at radius 3 is 2.50 bits per heavy atom. The van der Waals surface area contributed by atoms with Gasteiger partial charge in [0.05, 0.1) is 24.7 Å². The van der Waals surface area contributed by atoms with E-state index in [1.54, 1.807) is 26.0 Å². The minimum absolute atomic E-state index is 0.0968. The number of carbonyl (C=O) groups excluding carboxylic acids is 1. The highest BCUT2D eigenvalue weighted by atomic mass is 16.5. The van der Waals surface area contributed by atoms with E-state index in [-0.39, 0.29) is 17.7 Å². The largest absolute Gasteiger partial charge is 0.478 e. The highest BCUT2D eigenvalue weighted by Gasteiger charge is 2.27. The molecule has 0 spiro atoms. The van der Waals surface area contributed by atoms with Crippen LogP contribution in [0.2, 0.25) is 0 Å². The first-order chi connectivity index (χ1) is 9.38. The van der Waals surface area contributed by atoms with E-state index in [2.05, 4.69) is 4.74 Å². The predicted molar refractivity (Wildman–Crippen MR) is 70.4 cm³/mol. The predicted octanol–water partition coefficient (Wildman–Crippen LogP) is 1.04. The number of rotatable bonds is 6. The minimum Gasteiger partial charge on any atom is -0.478 e. The Bertz CT molecular complexity index is 496. The number of aliphatic hydroxyl groups is 2. The molecule has 0 aliphatic heterocycles. The van der Waals surface area contributed by atoms with E-state index in [4.69, 9.17) is 5.11 Å². The van der Waals surface area contributed by atoms with Crippen molar-refractivity contribution < 1.29 is 29.6 Å². The first kappa shape index (κ1) is 16.1. The second-order valence-electron chi connectivity index (χ2n) is 4.36. The van der Waals surface area contributed by atoms with Crippen LogP contribution >= 0.6 is 0 Å². The molecule has 0 aliphatic carbocycles. The van der Waals surface area contributed by atoms with Crippen molar-refractivity contribution in [2.45, 2.75) is 32.5 Å². The maximum absolute atomic E-state index is 11.3. The van der Waals surface area contributed by atoms with Crippen LogP contribution in [0.4, 0.5) is 0 Å². The molecule has 0 aromatic heterocycles. The zero-order valence-corrected chi connectivity index (χ0v) is 11.4. The number of carboxylic acids is 1. The summed E-state index contributed by atoms with van der Waals surface area (Å²) in [6, 6.07) is 4.51. The first-order valence-electron chi connectivity index (χ1n) is 6.23. The second-order valence-corrected chi connectivity index (χ2v) is 4.36. The number of hydrogen-bond donors (Lipinski definition) is 3. The molecule has 2 unspecified atom stereocenters. The van der Waals surface area contributed by atoms with Crippen molar-refractivity contribution >= 4 is 11.9 Å². The van der Waals surface area contributed by atoms with Crippen molar-refractivity contribution in [1.82, 2.24) is 0 Å². The van der Waals surface area contributed by atoms with Gasteiger partial charge in [0.1, 0.15) is 6.10 Å². The topological polar surface area (TPSA) is 104 Å². The fourth-order valence-corrected chi connectivity index (χ4v) is 1.95. The average Bonchev–Trinajstić information content (AvgIpc) is 2.37. The van der Waals surface area contributed by atoms with Gasteiger partial charge in [-0.05, 0) is 25.5 Å². The summed E-state index contributed by atoms with van der Waals surface area (Å²) in [7, 11) is 0. The van der Waals surface area contributed by atoms with E-state index >= 15 is 0 Å². The van der Waals surface area contributed by atoms with Gasteiger partial charge in [0.2, 0.25) is 0 Å². The molecule has 110 valence electrons. The zero-order chi connectivity index (χ0) is 15.3. The van der Waals surface area contributed by atoms with Crippen LogP contribution in [0, 0.1) is 6.92 Å². The number of ether oxygens (including phenoxy) is 1. The van der Waals surface area contributed by atoms with Gasteiger partial charge in [-0.2, -0.15) is 0 Å². The Hall–Kier alpha value is -1.92. The van der Waals surface area contributed by atoms with Gasteiger partial charge >= 0.3 is 11.9 Å². The number of aliphatic hydroxyl groups excluding tert-OH is 2. The van der Waals surface area contributed by atoms with Gasteiger partial charge in [0, 0.05) is 5.56 Å². The van der Waals surface area contributed by atoms with E-state index in [1.807, 2.05) is 0 Å². The lowest BCUT2D eigenvalue weighted by molar-refractivity contribution is -0.147. The van der Waals surface area contributed by atoms with Crippen LogP contribution in [0.1, 0.15) is 40.9 Å². The van der Waals surface area contributed by atoms with Gasteiger partial charge in [-0.25, -0.2) is 4.79 Å². The number of aryl methyl sites for hydroxylation is 1. The monoisotopic (exact) mass is 282 g/mol. The molecule has 0 fully saturated rings. The number of aromatic carboxylic acids is 1. The third kappa shape index (κ3) is 3.79. The van der Waals surface area contributed by atoms with E-state index in [1.165, 1.54) is 6.07 Å². The molecule has 6 nitrogen and oxygen atoms in total. The molecule has 0 aliphatic rings.